The van der Waals surface area contributed by atoms with Crippen LogP contribution in [0.5, 0.6) is 0 Å². The number of ether oxygens (including phenoxy) is 1. The summed E-state index contributed by atoms with van der Waals surface area (Å²) in [6.07, 6.45) is 2.07. The molecular formula is C20H23N5O5. The van der Waals surface area contributed by atoms with E-state index in [9.17, 15) is 19.2 Å². The first-order valence-corrected chi connectivity index (χ1v) is 9.37. The van der Waals surface area contributed by atoms with E-state index in [1.807, 2.05) is 31.2 Å². The standard InChI is InChI=1S/C20H23N5O5/c1-13-6-4-5-7-14(13)8-9-21-15(26)11-30-16(27)10-25-19(28)17-18(22-12-23(17)2)24(3)20(25)29/h4-7,12H,8-11H2,1-3H3,(H,21,26). The Hall–Kier alpha value is -3.69. The topological polar surface area (TPSA) is 117 Å². The molecule has 0 aliphatic carbocycles. The fourth-order valence-corrected chi connectivity index (χ4v) is 3.13. The van der Waals surface area contributed by atoms with Gasteiger partial charge in [-0.05, 0) is 24.5 Å². The zero-order valence-electron chi connectivity index (χ0n) is 17.0. The van der Waals surface area contributed by atoms with Crippen LogP contribution in [-0.4, -0.2) is 43.7 Å². The third kappa shape index (κ3) is 4.32. The molecule has 0 fully saturated rings. The first-order valence-electron chi connectivity index (χ1n) is 9.37. The smallest absolute Gasteiger partial charge is 0.333 e. The largest absolute Gasteiger partial charge is 0.454 e. The van der Waals surface area contributed by atoms with Gasteiger partial charge in [-0.2, -0.15) is 0 Å². The van der Waals surface area contributed by atoms with Crippen LogP contribution < -0.4 is 16.6 Å². The van der Waals surface area contributed by atoms with E-state index in [2.05, 4.69) is 10.3 Å². The Morgan fingerprint density at radius 2 is 1.90 bits per heavy atom. The highest BCUT2D eigenvalue weighted by molar-refractivity contribution is 5.80. The van der Waals surface area contributed by atoms with Crippen LogP contribution in [0.1, 0.15) is 11.1 Å². The van der Waals surface area contributed by atoms with Crippen LogP contribution in [0.3, 0.4) is 0 Å². The lowest BCUT2D eigenvalue weighted by atomic mass is 10.1. The second kappa shape index (κ2) is 8.76. The molecule has 2 heterocycles. The SMILES string of the molecule is Cc1ccccc1CCNC(=O)COC(=O)Cn1c(=O)c2c(ncn2C)n(C)c1=O. The van der Waals surface area contributed by atoms with Crippen molar-refractivity contribution in [1.82, 2.24) is 24.0 Å². The summed E-state index contributed by atoms with van der Waals surface area (Å²) in [4.78, 5) is 53.0. The quantitative estimate of drug-likeness (QED) is 0.529. The molecule has 0 saturated carbocycles. The Morgan fingerprint density at radius 1 is 1.17 bits per heavy atom. The van der Waals surface area contributed by atoms with E-state index in [0.29, 0.717) is 13.0 Å². The number of hydrogen-bond donors (Lipinski definition) is 1. The van der Waals surface area contributed by atoms with Crippen molar-refractivity contribution in [3.63, 3.8) is 0 Å². The highest BCUT2D eigenvalue weighted by Gasteiger charge is 2.18. The van der Waals surface area contributed by atoms with Crippen molar-refractivity contribution in [2.45, 2.75) is 19.9 Å². The Bertz CT molecular complexity index is 1220. The molecule has 0 bridgehead atoms. The second-order valence-corrected chi connectivity index (χ2v) is 6.95. The number of esters is 1. The first-order chi connectivity index (χ1) is 14.3. The number of benzene rings is 1. The van der Waals surface area contributed by atoms with Gasteiger partial charge in [0.25, 0.3) is 11.5 Å². The Kier molecular flexibility index (Phi) is 6.14. The van der Waals surface area contributed by atoms with E-state index >= 15 is 0 Å². The molecule has 158 valence electrons. The van der Waals surface area contributed by atoms with Gasteiger partial charge in [-0.3, -0.25) is 19.0 Å². The maximum Gasteiger partial charge on any atom is 0.333 e. The highest BCUT2D eigenvalue weighted by Crippen LogP contribution is 2.06. The van der Waals surface area contributed by atoms with E-state index in [0.717, 1.165) is 15.7 Å². The zero-order chi connectivity index (χ0) is 21.8. The minimum Gasteiger partial charge on any atom is -0.454 e. The summed E-state index contributed by atoms with van der Waals surface area (Å²) in [6.45, 7) is 1.31. The third-order valence-corrected chi connectivity index (χ3v) is 4.83. The fraction of sp³-hybridized carbons (Fsp3) is 0.350. The Balaban J connectivity index is 1.57. The van der Waals surface area contributed by atoms with Crippen LogP contribution in [0, 0.1) is 6.92 Å². The molecule has 1 aromatic carbocycles. The number of amides is 1. The third-order valence-electron chi connectivity index (χ3n) is 4.83. The number of fused-ring (bicyclic) bond motifs is 1. The molecule has 10 heteroatoms. The molecule has 3 aromatic rings. The summed E-state index contributed by atoms with van der Waals surface area (Å²) in [7, 11) is 3.08. The van der Waals surface area contributed by atoms with Gasteiger partial charge >= 0.3 is 11.7 Å². The lowest BCUT2D eigenvalue weighted by Crippen LogP contribution is -2.42. The molecule has 0 unspecified atom stereocenters. The summed E-state index contributed by atoms with van der Waals surface area (Å²) >= 11 is 0. The van der Waals surface area contributed by atoms with Crippen molar-refractivity contribution in [2.24, 2.45) is 14.1 Å². The summed E-state index contributed by atoms with van der Waals surface area (Å²) < 4.78 is 8.35. The van der Waals surface area contributed by atoms with Crippen molar-refractivity contribution in [3.05, 3.63) is 62.6 Å². The van der Waals surface area contributed by atoms with Gasteiger partial charge in [0.1, 0.15) is 6.54 Å². The Morgan fingerprint density at radius 3 is 2.63 bits per heavy atom. The van der Waals surface area contributed by atoms with Gasteiger partial charge in [-0.25, -0.2) is 14.3 Å². The van der Waals surface area contributed by atoms with Crippen molar-refractivity contribution in [3.8, 4) is 0 Å². The number of rotatable bonds is 7. The van der Waals surface area contributed by atoms with Gasteiger partial charge in [0, 0.05) is 20.6 Å². The van der Waals surface area contributed by atoms with Gasteiger partial charge in [0.15, 0.2) is 17.8 Å². The van der Waals surface area contributed by atoms with Crippen LogP contribution in [0.4, 0.5) is 0 Å². The predicted octanol–water partition coefficient (Wildman–Crippen LogP) is -0.356. The minimum absolute atomic E-state index is 0.193. The van der Waals surface area contributed by atoms with E-state index < -0.39 is 36.3 Å². The summed E-state index contributed by atoms with van der Waals surface area (Å²) in [5.74, 6) is -1.32. The number of carbonyl (C=O) groups is 2. The molecule has 1 amide bonds. The van der Waals surface area contributed by atoms with Gasteiger partial charge in [0.2, 0.25) is 0 Å². The summed E-state index contributed by atoms with van der Waals surface area (Å²) in [5, 5.41) is 2.68. The van der Waals surface area contributed by atoms with Crippen molar-refractivity contribution in [1.29, 1.82) is 0 Å². The molecule has 1 N–H and O–H groups in total. The van der Waals surface area contributed by atoms with E-state index in [1.165, 1.54) is 22.5 Å². The number of nitrogens with zero attached hydrogens (tertiary/aromatic N) is 4. The number of aromatic nitrogens is 4. The average Bonchev–Trinajstić information content (AvgIpc) is 3.11. The van der Waals surface area contributed by atoms with Crippen molar-refractivity contribution in [2.75, 3.05) is 13.2 Å². The number of aryl methyl sites for hydroxylation is 3. The average molecular weight is 413 g/mol. The molecule has 10 nitrogen and oxygen atoms in total. The highest BCUT2D eigenvalue weighted by atomic mass is 16.5. The number of nitrogens with one attached hydrogen (secondary N) is 1. The summed E-state index contributed by atoms with van der Waals surface area (Å²) in [5.41, 5.74) is 1.34. The molecule has 0 aliphatic heterocycles. The Labute approximate surface area is 171 Å². The van der Waals surface area contributed by atoms with Crippen LogP contribution in [0.25, 0.3) is 11.2 Å². The molecular weight excluding hydrogens is 390 g/mol. The van der Waals surface area contributed by atoms with Crippen molar-refractivity contribution < 1.29 is 14.3 Å². The summed E-state index contributed by atoms with van der Waals surface area (Å²) in [6, 6.07) is 7.86. The van der Waals surface area contributed by atoms with E-state index in [1.54, 1.807) is 7.05 Å². The molecule has 0 aliphatic rings. The molecule has 0 spiro atoms. The van der Waals surface area contributed by atoms with Crippen LogP contribution in [-0.2, 0) is 41.4 Å². The van der Waals surface area contributed by atoms with Gasteiger partial charge in [0.05, 0.1) is 6.33 Å². The number of imidazole rings is 1. The van der Waals surface area contributed by atoms with Crippen LogP contribution in [0.15, 0.2) is 40.2 Å². The molecule has 3 rings (SSSR count). The second-order valence-electron chi connectivity index (χ2n) is 6.95. The first kappa shape index (κ1) is 21.0. The van der Waals surface area contributed by atoms with E-state index in [4.69, 9.17) is 4.74 Å². The fourth-order valence-electron chi connectivity index (χ4n) is 3.13. The predicted molar refractivity (Wildman–Crippen MR) is 109 cm³/mol. The van der Waals surface area contributed by atoms with Crippen LogP contribution in [0.2, 0.25) is 0 Å². The molecule has 30 heavy (non-hydrogen) atoms. The number of hydrogen-bond acceptors (Lipinski definition) is 6. The number of carbonyl (C=O) groups excluding carboxylic acids is 2. The maximum atomic E-state index is 12.6. The molecule has 0 atom stereocenters. The lowest BCUT2D eigenvalue weighted by molar-refractivity contribution is -0.149. The van der Waals surface area contributed by atoms with Gasteiger partial charge in [-0.15, -0.1) is 0 Å². The lowest BCUT2D eigenvalue weighted by Gasteiger charge is -2.10. The van der Waals surface area contributed by atoms with Gasteiger partial charge < -0.3 is 14.6 Å². The molecule has 0 radical (unpaired) electrons. The zero-order valence-corrected chi connectivity index (χ0v) is 17.0. The van der Waals surface area contributed by atoms with Crippen LogP contribution >= 0.6 is 0 Å². The minimum atomic E-state index is -0.857. The monoisotopic (exact) mass is 413 g/mol. The molecule has 0 saturated heterocycles. The van der Waals surface area contributed by atoms with Gasteiger partial charge in [-0.1, -0.05) is 24.3 Å². The van der Waals surface area contributed by atoms with E-state index in [-0.39, 0.29) is 11.2 Å². The normalized spacial score (nSPS) is 10.9. The molecule has 2 aromatic heterocycles. The maximum absolute atomic E-state index is 12.6. The van der Waals surface area contributed by atoms with Crippen molar-refractivity contribution >= 4 is 23.0 Å².